The van der Waals surface area contributed by atoms with Gasteiger partial charge in [0.05, 0.1) is 5.56 Å². The molecule has 0 atom stereocenters. The van der Waals surface area contributed by atoms with Gasteiger partial charge in [-0.25, -0.2) is 0 Å². The number of benzene rings is 2. The van der Waals surface area contributed by atoms with Crippen molar-refractivity contribution in [1.82, 2.24) is 9.97 Å². The third-order valence-corrected chi connectivity index (χ3v) is 4.43. The largest absolute Gasteiger partial charge is 0.341 e. The van der Waals surface area contributed by atoms with Gasteiger partial charge in [-0.05, 0) is 29.2 Å². The number of aromatic nitrogens is 2. The van der Waals surface area contributed by atoms with Crippen LogP contribution < -0.4 is 5.56 Å². The van der Waals surface area contributed by atoms with Gasteiger partial charge < -0.3 is 9.97 Å². The van der Waals surface area contributed by atoms with Gasteiger partial charge in [-0.2, -0.15) is 0 Å². The maximum atomic E-state index is 12.5. The summed E-state index contributed by atoms with van der Waals surface area (Å²) in [5, 5.41) is 2.32. The summed E-state index contributed by atoms with van der Waals surface area (Å²) in [6, 6.07) is 16.4. The summed E-state index contributed by atoms with van der Waals surface area (Å²) >= 11 is 0. The van der Waals surface area contributed by atoms with E-state index in [1.54, 1.807) is 0 Å². The highest BCUT2D eigenvalue weighted by molar-refractivity contribution is 6.10. The Morgan fingerprint density at radius 2 is 1.71 bits per heavy atom. The van der Waals surface area contributed by atoms with E-state index < -0.39 is 0 Å². The zero-order valence-corrected chi connectivity index (χ0v) is 11.2. The maximum absolute atomic E-state index is 12.5. The first-order valence-electron chi connectivity index (χ1n) is 7.07. The first-order valence-corrected chi connectivity index (χ1v) is 7.07. The van der Waals surface area contributed by atoms with Gasteiger partial charge >= 0.3 is 0 Å². The highest BCUT2D eigenvalue weighted by atomic mass is 16.1. The highest BCUT2D eigenvalue weighted by Gasteiger charge is 2.25. The number of nitrogens with one attached hydrogen (secondary N) is 2. The van der Waals surface area contributed by atoms with E-state index >= 15 is 0 Å². The molecule has 21 heavy (non-hydrogen) atoms. The summed E-state index contributed by atoms with van der Waals surface area (Å²) in [5.74, 6) is 0. The predicted octanol–water partition coefficient (Wildman–Crippen LogP) is 3.58. The van der Waals surface area contributed by atoms with Gasteiger partial charge in [0.25, 0.3) is 5.56 Å². The zero-order chi connectivity index (χ0) is 14.0. The van der Waals surface area contributed by atoms with Crippen LogP contribution in [0, 0.1) is 0 Å². The third kappa shape index (κ3) is 1.30. The predicted molar refractivity (Wildman–Crippen MR) is 84.7 cm³/mol. The lowest BCUT2D eigenvalue weighted by Crippen LogP contribution is -2.09. The smallest absolute Gasteiger partial charge is 0.257 e. The van der Waals surface area contributed by atoms with Crippen molar-refractivity contribution < 1.29 is 0 Å². The number of rotatable bonds is 0. The molecule has 0 fully saturated rings. The number of aromatic amines is 2. The molecule has 2 aromatic carbocycles. The normalized spacial score (nSPS) is 12.8. The van der Waals surface area contributed by atoms with E-state index in [4.69, 9.17) is 0 Å². The molecule has 0 amide bonds. The Morgan fingerprint density at radius 3 is 2.67 bits per heavy atom. The van der Waals surface area contributed by atoms with Crippen molar-refractivity contribution in [1.29, 1.82) is 0 Å². The highest BCUT2D eigenvalue weighted by Crippen LogP contribution is 2.39. The summed E-state index contributed by atoms with van der Waals surface area (Å²) in [7, 11) is 0. The second kappa shape index (κ2) is 3.64. The van der Waals surface area contributed by atoms with Crippen LogP contribution in [0.2, 0.25) is 0 Å². The Kier molecular flexibility index (Phi) is 1.89. The van der Waals surface area contributed by atoms with Crippen molar-refractivity contribution in [3.8, 4) is 11.1 Å². The molecule has 0 saturated heterocycles. The molecule has 0 bridgehead atoms. The van der Waals surface area contributed by atoms with Crippen LogP contribution in [-0.4, -0.2) is 9.97 Å². The van der Waals surface area contributed by atoms with Gasteiger partial charge in [-0.3, -0.25) is 4.79 Å². The molecule has 2 heterocycles. The van der Waals surface area contributed by atoms with Crippen molar-refractivity contribution in [3.63, 3.8) is 0 Å². The van der Waals surface area contributed by atoms with Gasteiger partial charge in [0.15, 0.2) is 0 Å². The molecule has 0 saturated carbocycles. The molecular weight excluding hydrogens is 260 g/mol. The minimum atomic E-state index is -0.00555. The van der Waals surface area contributed by atoms with Crippen molar-refractivity contribution in [3.05, 3.63) is 70.0 Å². The minimum absolute atomic E-state index is 0.00555. The van der Waals surface area contributed by atoms with Crippen molar-refractivity contribution in [2.75, 3.05) is 0 Å². The second-order valence-corrected chi connectivity index (χ2v) is 5.56. The van der Waals surface area contributed by atoms with Crippen molar-refractivity contribution in [2.45, 2.75) is 6.42 Å². The molecule has 0 radical (unpaired) electrons. The molecule has 3 heteroatoms. The average Bonchev–Trinajstić information content (AvgIpc) is 3.04. The fraction of sp³-hybridized carbons (Fsp3) is 0.0556. The number of hydrogen-bond acceptors (Lipinski definition) is 1. The van der Waals surface area contributed by atoms with Crippen LogP contribution in [-0.2, 0) is 6.42 Å². The fourth-order valence-electron chi connectivity index (χ4n) is 3.56. The van der Waals surface area contributed by atoms with E-state index in [0.717, 1.165) is 39.7 Å². The Labute approximate surface area is 120 Å². The Bertz CT molecular complexity index is 1090. The van der Waals surface area contributed by atoms with E-state index in [9.17, 15) is 4.79 Å². The quantitative estimate of drug-likeness (QED) is 0.445. The van der Waals surface area contributed by atoms with Crippen LogP contribution in [0.4, 0.5) is 0 Å². The van der Waals surface area contributed by atoms with Crippen LogP contribution in [0.3, 0.4) is 0 Å². The first-order chi connectivity index (χ1) is 10.3. The van der Waals surface area contributed by atoms with E-state index in [-0.39, 0.29) is 5.56 Å². The fourth-order valence-corrected chi connectivity index (χ4v) is 3.56. The molecule has 4 aromatic rings. The van der Waals surface area contributed by atoms with E-state index in [2.05, 4.69) is 22.1 Å². The Hall–Kier alpha value is -2.81. The molecule has 1 aliphatic carbocycles. The molecule has 0 aliphatic heterocycles. The molecule has 0 spiro atoms. The summed E-state index contributed by atoms with van der Waals surface area (Å²) < 4.78 is 0. The van der Waals surface area contributed by atoms with Crippen molar-refractivity contribution >= 4 is 21.9 Å². The topological polar surface area (TPSA) is 48.6 Å². The lowest BCUT2D eigenvalue weighted by Gasteiger charge is -2.01. The van der Waals surface area contributed by atoms with E-state index in [0.29, 0.717) is 0 Å². The van der Waals surface area contributed by atoms with Gasteiger partial charge in [-0.15, -0.1) is 0 Å². The van der Waals surface area contributed by atoms with E-state index in [1.165, 1.54) is 10.9 Å². The summed E-state index contributed by atoms with van der Waals surface area (Å²) in [4.78, 5) is 18.8. The van der Waals surface area contributed by atoms with Gasteiger partial charge in [0, 0.05) is 16.3 Å². The van der Waals surface area contributed by atoms with Crippen LogP contribution in [0.15, 0.2) is 53.3 Å². The lowest BCUT2D eigenvalue weighted by molar-refractivity contribution is 1.23. The number of fused-ring (bicyclic) bond motifs is 7. The van der Waals surface area contributed by atoms with Crippen molar-refractivity contribution in [2.24, 2.45) is 0 Å². The zero-order valence-electron chi connectivity index (χ0n) is 11.2. The lowest BCUT2D eigenvalue weighted by atomic mass is 10.0. The number of para-hydroxylation sites is 1. The molecule has 2 aromatic heterocycles. The summed E-state index contributed by atoms with van der Waals surface area (Å²) in [6.45, 7) is 0. The second-order valence-electron chi connectivity index (χ2n) is 5.56. The number of hydrogen-bond donors (Lipinski definition) is 2. The SMILES string of the molecule is O=c1[nH]c2[nH]c3ccccc3c2c2c1-c1ccccc1C2. The molecule has 100 valence electrons. The summed E-state index contributed by atoms with van der Waals surface area (Å²) in [5.41, 5.74) is 6.17. The Balaban J connectivity index is 2.03. The summed E-state index contributed by atoms with van der Waals surface area (Å²) in [6.07, 6.45) is 0.827. The number of H-pyrrole nitrogens is 2. The standard InChI is InChI=1S/C18H12N2O/c21-18-16-11-6-2-1-5-10(11)9-13(16)15-12-7-3-4-8-14(12)19-17(15)20-18/h1-8H,9H2,(H2,19,20,21). The minimum Gasteiger partial charge on any atom is -0.341 e. The monoisotopic (exact) mass is 272 g/mol. The molecule has 2 N–H and O–H groups in total. The van der Waals surface area contributed by atoms with Gasteiger partial charge in [0.1, 0.15) is 5.65 Å². The third-order valence-electron chi connectivity index (χ3n) is 4.43. The van der Waals surface area contributed by atoms with Gasteiger partial charge in [0.2, 0.25) is 0 Å². The van der Waals surface area contributed by atoms with E-state index in [1.807, 2.05) is 36.4 Å². The van der Waals surface area contributed by atoms with Crippen LogP contribution in [0.25, 0.3) is 33.1 Å². The van der Waals surface area contributed by atoms with Crippen LogP contribution >= 0.6 is 0 Å². The average molecular weight is 272 g/mol. The molecule has 3 nitrogen and oxygen atoms in total. The first kappa shape index (κ1) is 10.9. The number of pyridine rings is 1. The van der Waals surface area contributed by atoms with Crippen LogP contribution in [0.5, 0.6) is 0 Å². The molecule has 0 unspecified atom stereocenters. The Morgan fingerprint density at radius 1 is 0.905 bits per heavy atom. The molecule has 1 aliphatic rings. The molecule has 5 rings (SSSR count). The van der Waals surface area contributed by atoms with Crippen LogP contribution in [0.1, 0.15) is 11.1 Å². The molecular formula is C18H12N2O. The maximum Gasteiger partial charge on any atom is 0.257 e. The van der Waals surface area contributed by atoms with Gasteiger partial charge in [-0.1, -0.05) is 42.5 Å².